The fourth-order valence-corrected chi connectivity index (χ4v) is 3.60. The van der Waals surface area contributed by atoms with Crippen LogP contribution in [0, 0.1) is 0 Å². The number of carbonyl (C=O) groups excluding carboxylic acids is 1. The Balaban J connectivity index is 1.96. The van der Waals surface area contributed by atoms with Crippen molar-refractivity contribution in [2.75, 3.05) is 0 Å². The second-order valence-corrected chi connectivity index (χ2v) is 6.04. The Morgan fingerprint density at radius 2 is 2.16 bits per heavy atom. The van der Waals surface area contributed by atoms with Crippen molar-refractivity contribution in [1.29, 1.82) is 0 Å². The van der Waals surface area contributed by atoms with Gasteiger partial charge in [0.2, 0.25) is 0 Å². The maximum Gasteiger partial charge on any atom is 0.181 e. The molecule has 0 aliphatic carbocycles. The summed E-state index contributed by atoms with van der Waals surface area (Å²) in [4.78, 5) is 17.5. The van der Waals surface area contributed by atoms with Crippen molar-refractivity contribution in [2.45, 2.75) is 6.42 Å². The van der Waals surface area contributed by atoms with Gasteiger partial charge in [-0.3, -0.25) is 4.79 Å². The maximum absolute atomic E-state index is 12.3. The summed E-state index contributed by atoms with van der Waals surface area (Å²) in [7, 11) is 1.95. The van der Waals surface area contributed by atoms with Crippen LogP contribution < -0.4 is 0 Å². The van der Waals surface area contributed by atoms with Crippen LogP contribution >= 0.6 is 27.3 Å². The third-order valence-corrected chi connectivity index (χ3v) is 4.95. The topological polar surface area (TPSA) is 34.9 Å². The molecule has 0 unspecified atom stereocenters. The molecule has 3 aromatic rings. The third-order valence-electron chi connectivity index (χ3n) is 3.07. The van der Waals surface area contributed by atoms with E-state index in [1.165, 1.54) is 11.3 Å². The van der Waals surface area contributed by atoms with Gasteiger partial charge in [0.15, 0.2) is 5.78 Å². The van der Waals surface area contributed by atoms with Crippen LogP contribution in [0.2, 0.25) is 0 Å². The Hall–Kier alpha value is -1.46. The highest BCUT2D eigenvalue weighted by molar-refractivity contribution is 9.10. The second kappa shape index (κ2) is 4.90. The summed E-state index contributed by atoms with van der Waals surface area (Å²) in [5, 5.41) is 1.91. The van der Waals surface area contributed by atoms with Gasteiger partial charge in [-0.15, -0.1) is 11.3 Å². The van der Waals surface area contributed by atoms with E-state index >= 15 is 0 Å². The first kappa shape index (κ1) is 12.6. The van der Waals surface area contributed by atoms with Crippen LogP contribution in [-0.2, 0) is 13.5 Å². The van der Waals surface area contributed by atoms with E-state index in [1.807, 2.05) is 47.3 Å². The number of ketones is 1. The molecule has 3 nitrogen and oxygen atoms in total. The van der Waals surface area contributed by atoms with Crippen LogP contribution in [0.5, 0.6) is 0 Å². The first-order valence-electron chi connectivity index (χ1n) is 5.83. The van der Waals surface area contributed by atoms with Crippen LogP contribution in [0.1, 0.15) is 15.5 Å². The number of hydrogen-bond donors (Lipinski definition) is 0. The smallest absolute Gasteiger partial charge is 0.181 e. The van der Waals surface area contributed by atoms with Gasteiger partial charge in [-0.2, -0.15) is 0 Å². The molecule has 0 N–H and O–H groups in total. The van der Waals surface area contributed by atoms with Crippen LogP contribution in [0.4, 0.5) is 0 Å². The van der Waals surface area contributed by atoms with E-state index in [9.17, 15) is 4.79 Å². The first-order valence-corrected chi connectivity index (χ1v) is 7.50. The summed E-state index contributed by atoms with van der Waals surface area (Å²) in [6.07, 6.45) is 0.324. The number of rotatable bonds is 3. The molecule has 0 radical (unpaired) electrons. The Morgan fingerprint density at radius 1 is 1.37 bits per heavy atom. The normalized spacial score (nSPS) is 11.1. The van der Waals surface area contributed by atoms with Crippen LogP contribution in [0.3, 0.4) is 0 Å². The van der Waals surface area contributed by atoms with Gasteiger partial charge in [0.1, 0.15) is 5.82 Å². The van der Waals surface area contributed by atoms with Gasteiger partial charge in [-0.1, -0.05) is 12.1 Å². The van der Waals surface area contributed by atoms with Crippen molar-refractivity contribution >= 4 is 44.1 Å². The molecule has 0 aliphatic heterocycles. The number of Topliss-reactive ketones (excluding diaryl/α,β-unsaturated/α-hetero) is 1. The highest BCUT2D eigenvalue weighted by Crippen LogP contribution is 2.24. The molecule has 0 saturated carbocycles. The number of nitrogens with zero attached hydrogens (tertiary/aromatic N) is 2. The number of hydrogen-bond acceptors (Lipinski definition) is 3. The van der Waals surface area contributed by atoms with Crippen molar-refractivity contribution in [3.05, 3.63) is 50.9 Å². The third kappa shape index (κ3) is 2.24. The minimum atomic E-state index is 0.0975. The lowest BCUT2D eigenvalue weighted by Gasteiger charge is -2.01. The average Bonchev–Trinajstić information content (AvgIpc) is 2.95. The van der Waals surface area contributed by atoms with Gasteiger partial charge < -0.3 is 4.57 Å². The summed E-state index contributed by atoms with van der Waals surface area (Å²) in [5.74, 6) is 0.895. The highest BCUT2D eigenvalue weighted by Gasteiger charge is 2.16. The lowest BCUT2D eigenvalue weighted by Crippen LogP contribution is -2.07. The average molecular weight is 335 g/mol. The van der Waals surface area contributed by atoms with Crippen molar-refractivity contribution < 1.29 is 4.79 Å². The number of thiophene rings is 1. The molecule has 96 valence electrons. The number of aryl methyl sites for hydroxylation is 1. The summed E-state index contributed by atoms with van der Waals surface area (Å²) in [6.45, 7) is 0. The molecule has 0 saturated heterocycles. The van der Waals surface area contributed by atoms with Crippen molar-refractivity contribution in [3.8, 4) is 0 Å². The lowest BCUT2D eigenvalue weighted by molar-refractivity contribution is 0.0993. The summed E-state index contributed by atoms with van der Waals surface area (Å²) in [6, 6.07) is 9.80. The lowest BCUT2D eigenvalue weighted by atomic mass is 10.2. The molecule has 0 aliphatic rings. The van der Waals surface area contributed by atoms with E-state index in [1.54, 1.807) is 0 Å². The number of imidazole rings is 1. The summed E-state index contributed by atoms with van der Waals surface area (Å²) >= 11 is 4.85. The zero-order valence-corrected chi connectivity index (χ0v) is 12.7. The predicted octanol–water partition coefficient (Wildman–Crippen LogP) is 3.82. The maximum atomic E-state index is 12.3. The number of fused-ring (bicyclic) bond motifs is 1. The molecule has 0 fully saturated rings. The van der Waals surface area contributed by atoms with Gasteiger partial charge in [-0.25, -0.2) is 4.98 Å². The molecule has 19 heavy (non-hydrogen) atoms. The van der Waals surface area contributed by atoms with Crippen molar-refractivity contribution in [3.63, 3.8) is 0 Å². The number of halogens is 1. The SMILES string of the molecule is Cn1c(CC(=O)c2sccc2Br)nc2ccccc21. The fraction of sp³-hybridized carbons (Fsp3) is 0.143. The second-order valence-electron chi connectivity index (χ2n) is 4.27. The molecule has 0 atom stereocenters. The Kier molecular flexibility index (Phi) is 3.24. The van der Waals surface area contributed by atoms with E-state index in [4.69, 9.17) is 0 Å². The molecule has 0 spiro atoms. The van der Waals surface area contributed by atoms with Gasteiger partial charge >= 0.3 is 0 Å². The standard InChI is InChI=1S/C14H11BrN2OS/c1-17-11-5-3-2-4-10(11)16-13(17)8-12(18)14-9(15)6-7-19-14/h2-7H,8H2,1H3. The number of carbonyl (C=O) groups is 1. The van der Waals surface area contributed by atoms with Crippen molar-refractivity contribution in [2.24, 2.45) is 7.05 Å². The minimum absolute atomic E-state index is 0.0975. The zero-order chi connectivity index (χ0) is 13.4. The Labute approximate surface area is 123 Å². The molecule has 0 amide bonds. The van der Waals surface area contributed by atoms with Gasteiger partial charge in [0, 0.05) is 11.5 Å². The number of para-hydroxylation sites is 2. The molecule has 3 rings (SSSR count). The van der Waals surface area contributed by atoms with E-state index in [-0.39, 0.29) is 5.78 Å². The van der Waals surface area contributed by atoms with Gasteiger partial charge in [0.05, 0.1) is 22.3 Å². The summed E-state index contributed by atoms with van der Waals surface area (Å²) in [5.41, 5.74) is 1.98. The van der Waals surface area contributed by atoms with E-state index < -0.39 is 0 Å². The van der Waals surface area contributed by atoms with Crippen molar-refractivity contribution in [1.82, 2.24) is 9.55 Å². The molecule has 0 bridgehead atoms. The zero-order valence-electron chi connectivity index (χ0n) is 10.3. The molecule has 2 aromatic heterocycles. The van der Waals surface area contributed by atoms with Crippen LogP contribution in [0.25, 0.3) is 11.0 Å². The Bertz CT molecular complexity index is 760. The molecule has 1 aromatic carbocycles. The largest absolute Gasteiger partial charge is 0.331 e. The molecular weight excluding hydrogens is 324 g/mol. The number of aromatic nitrogens is 2. The first-order chi connectivity index (χ1) is 9.16. The monoisotopic (exact) mass is 334 g/mol. The predicted molar refractivity (Wildman–Crippen MR) is 80.8 cm³/mol. The van der Waals surface area contributed by atoms with Gasteiger partial charge in [-0.05, 0) is 39.5 Å². The molecule has 5 heteroatoms. The van der Waals surface area contributed by atoms with Crippen LogP contribution in [-0.4, -0.2) is 15.3 Å². The Morgan fingerprint density at radius 3 is 2.84 bits per heavy atom. The van der Waals surface area contributed by atoms with Crippen LogP contribution in [0.15, 0.2) is 40.2 Å². The van der Waals surface area contributed by atoms with Gasteiger partial charge in [0.25, 0.3) is 0 Å². The summed E-state index contributed by atoms with van der Waals surface area (Å²) < 4.78 is 2.84. The molecule has 2 heterocycles. The van der Waals surface area contributed by atoms with E-state index in [0.29, 0.717) is 6.42 Å². The highest BCUT2D eigenvalue weighted by atomic mass is 79.9. The minimum Gasteiger partial charge on any atom is -0.331 e. The fourth-order valence-electron chi connectivity index (χ4n) is 2.07. The number of benzene rings is 1. The van der Waals surface area contributed by atoms with E-state index in [2.05, 4.69) is 20.9 Å². The quantitative estimate of drug-likeness (QED) is 0.682. The molecular formula is C14H11BrN2OS. The van der Waals surface area contributed by atoms with E-state index in [0.717, 1.165) is 26.2 Å².